The largest absolute Gasteiger partial charge is 0.490 e. The van der Waals surface area contributed by atoms with E-state index in [1.807, 2.05) is 26.0 Å². The van der Waals surface area contributed by atoms with Crippen molar-refractivity contribution < 1.29 is 14.2 Å². The Kier molecular flexibility index (Phi) is 6.51. The van der Waals surface area contributed by atoms with Crippen LogP contribution in [0.25, 0.3) is 0 Å². The molecule has 0 aromatic heterocycles. The number of nitriles is 1. The van der Waals surface area contributed by atoms with Crippen LogP contribution in [-0.4, -0.2) is 19.8 Å². The normalized spacial score (nSPS) is 10.1. The van der Waals surface area contributed by atoms with Crippen LogP contribution in [-0.2, 0) is 0 Å². The molecule has 0 saturated heterocycles. The molecule has 0 N–H and O–H groups in total. The van der Waals surface area contributed by atoms with Gasteiger partial charge in [-0.25, -0.2) is 0 Å². The Morgan fingerprint density at radius 3 is 2.50 bits per heavy atom. The van der Waals surface area contributed by atoms with E-state index in [9.17, 15) is 0 Å². The van der Waals surface area contributed by atoms with Gasteiger partial charge in [0.15, 0.2) is 11.5 Å². The number of nitrogens with zero attached hydrogens (tertiary/aromatic N) is 1. The standard InChI is InChI=1S/C19H20BrNO3/c1-4-22-18-11-15(12-21)10-16(20)19(18)24-9-8-23-17-7-5-6-13(2)14(17)3/h5-7,10-11H,4,8-9H2,1-3H3. The minimum Gasteiger partial charge on any atom is -0.490 e. The van der Waals surface area contributed by atoms with Gasteiger partial charge < -0.3 is 14.2 Å². The number of aryl methyl sites for hydroxylation is 1. The van der Waals surface area contributed by atoms with Crippen molar-refractivity contribution in [3.8, 4) is 23.3 Å². The summed E-state index contributed by atoms with van der Waals surface area (Å²) in [6.45, 7) is 7.27. The van der Waals surface area contributed by atoms with E-state index in [4.69, 9.17) is 19.5 Å². The number of rotatable bonds is 7. The number of ether oxygens (including phenoxy) is 3. The highest BCUT2D eigenvalue weighted by Gasteiger charge is 2.12. The van der Waals surface area contributed by atoms with Gasteiger partial charge in [0.25, 0.3) is 0 Å². The minimum atomic E-state index is 0.373. The van der Waals surface area contributed by atoms with Crippen molar-refractivity contribution in [2.24, 2.45) is 0 Å². The maximum absolute atomic E-state index is 9.05. The van der Waals surface area contributed by atoms with Crippen LogP contribution in [0.4, 0.5) is 0 Å². The quantitative estimate of drug-likeness (QED) is 0.638. The molecule has 126 valence electrons. The molecule has 2 rings (SSSR count). The van der Waals surface area contributed by atoms with Crippen LogP contribution >= 0.6 is 15.9 Å². The fourth-order valence-electron chi connectivity index (χ4n) is 2.21. The molecule has 2 aromatic carbocycles. The zero-order valence-corrected chi connectivity index (χ0v) is 15.6. The van der Waals surface area contributed by atoms with E-state index in [0.717, 1.165) is 11.3 Å². The predicted molar refractivity (Wildman–Crippen MR) is 96.9 cm³/mol. The zero-order chi connectivity index (χ0) is 17.5. The molecule has 0 bridgehead atoms. The van der Waals surface area contributed by atoms with Gasteiger partial charge in [0.2, 0.25) is 0 Å². The summed E-state index contributed by atoms with van der Waals surface area (Å²) in [6, 6.07) is 11.5. The molecule has 0 fully saturated rings. The topological polar surface area (TPSA) is 51.5 Å². The van der Waals surface area contributed by atoms with E-state index < -0.39 is 0 Å². The molecule has 0 radical (unpaired) electrons. The van der Waals surface area contributed by atoms with Crippen molar-refractivity contribution in [3.05, 3.63) is 51.5 Å². The average Bonchev–Trinajstić information content (AvgIpc) is 2.57. The fourth-order valence-corrected chi connectivity index (χ4v) is 2.77. The van der Waals surface area contributed by atoms with Gasteiger partial charge >= 0.3 is 0 Å². The van der Waals surface area contributed by atoms with Gasteiger partial charge in [-0.3, -0.25) is 0 Å². The molecule has 0 saturated carbocycles. The number of halogens is 1. The van der Waals surface area contributed by atoms with Crippen LogP contribution in [0.5, 0.6) is 17.2 Å². The van der Waals surface area contributed by atoms with Gasteiger partial charge in [0, 0.05) is 6.07 Å². The van der Waals surface area contributed by atoms with E-state index in [2.05, 4.69) is 35.0 Å². The third-order valence-corrected chi connectivity index (χ3v) is 4.17. The Morgan fingerprint density at radius 2 is 1.79 bits per heavy atom. The third kappa shape index (κ3) is 4.42. The zero-order valence-electron chi connectivity index (χ0n) is 14.1. The lowest BCUT2D eigenvalue weighted by molar-refractivity contribution is 0.206. The molecule has 0 heterocycles. The van der Waals surface area contributed by atoms with Crippen LogP contribution < -0.4 is 14.2 Å². The fraction of sp³-hybridized carbons (Fsp3) is 0.316. The molecule has 0 spiro atoms. The molecule has 0 aliphatic heterocycles. The summed E-state index contributed by atoms with van der Waals surface area (Å²) in [7, 11) is 0. The first-order chi connectivity index (χ1) is 11.6. The Labute approximate surface area is 151 Å². The monoisotopic (exact) mass is 389 g/mol. The SMILES string of the molecule is CCOc1cc(C#N)cc(Br)c1OCCOc1cccc(C)c1C. The molecule has 0 aliphatic carbocycles. The molecule has 5 heteroatoms. The first kappa shape index (κ1) is 18.2. The van der Waals surface area contributed by atoms with Gasteiger partial charge in [-0.1, -0.05) is 12.1 Å². The summed E-state index contributed by atoms with van der Waals surface area (Å²) in [5.74, 6) is 2.00. The van der Waals surface area contributed by atoms with Gasteiger partial charge in [-0.2, -0.15) is 5.26 Å². The summed E-state index contributed by atoms with van der Waals surface area (Å²) in [5.41, 5.74) is 2.85. The Morgan fingerprint density at radius 1 is 1.04 bits per heavy atom. The maximum atomic E-state index is 9.05. The van der Waals surface area contributed by atoms with Crippen molar-refractivity contribution in [1.82, 2.24) is 0 Å². The summed E-state index contributed by atoms with van der Waals surface area (Å²) in [4.78, 5) is 0. The second-order valence-electron chi connectivity index (χ2n) is 5.23. The lowest BCUT2D eigenvalue weighted by atomic mass is 10.1. The molecule has 0 atom stereocenters. The highest BCUT2D eigenvalue weighted by Crippen LogP contribution is 2.36. The van der Waals surface area contributed by atoms with Crippen LogP contribution in [0, 0.1) is 25.2 Å². The molecule has 0 unspecified atom stereocenters. The van der Waals surface area contributed by atoms with Crippen LogP contribution in [0.2, 0.25) is 0 Å². The number of benzene rings is 2. The summed E-state index contributed by atoms with van der Waals surface area (Å²) < 4.78 is 17.9. The molecular weight excluding hydrogens is 370 g/mol. The van der Waals surface area contributed by atoms with E-state index in [-0.39, 0.29) is 0 Å². The number of hydrogen-bond acceptors (Lipinski definition) is 4. The average molecular weight is 390 g/mol. The lowest BCUT2D eigenvalue weighted by Crippen LogP contribution is -2.11. The Balaban J connectivity index is 2.01. The van der Waals surface area contributed by atoms with E-state index >= 15 is 0 Å². The lowest BCUT2D eigenvalue weighted by Gasteiger charge is -2.15. The second-order valence-corrected chi connectivity index (χ2v) is 6.08. The summed E-state index contributed by atoms with van der Waals surface area (Å²) >= 11 is 3.43. The van der Waals surface area contributed by atoms with Crippen LogP contribution in [0.1, 0.15) is 23.6 Å². The smallest absolute Gasteiger partial charge is 0.175 e. The van der Waals surface area contributed by atoms with Crippen molar-refractivity contribution in [2.75, 3.05) is 19.8 Å². The highest BCUT2D eigenvalue weighted by atomic mass is 79.9. The molecule has 24 heavy (non-hydrogen) atoms. The predicted octanol–water partition coefficient (Wildman–Crippen LogP) is 4.79. The van der Waals surface area contributed by atoms with Crippen molar-refractivity contribution >= 4 is 15.9 Å². The Hall–Kier alpha value is -2.19. The van der Waals surface area contributed by atoms with Gasteiger partial charge in [-0.15, -0.1) is 0 Å². The van der Waals surface area contributed by atoms with E-state index in [1.165, 1.54) is 5.56 Å². The maximum Gasteiger partial charge on any atom is 0.175 e. The molecule has 4 nitrogen and oxygen atoms in total. The third-order valence-electron chi connectivity index (χ3n) is 3.58. The van der Waals surface area contributed by atoms with Gasteiger partial charge in [0.1, 0.15) is 19.0 Å². The molecule has 0 aliphatic rings. The van der Waals surface area contributed by atoms with Gasteiger partial charge in [-0.05, 0) is 60.0 Å². The Bertz CT molecular complexity index is 753. The van der Waals surface area contributed by atoms with E-state index in [1.54, 1.807) is 12.1 Å². The summed E-state index contributed by atoms with van der Waals surface area (Å²) in [5, 5.41) is 9.05. The first-order valence-electron chi connectivity index (χ1n) is 7.75. The summed E-state index contributed by atoms with van der Waals surface area (Å²) in [6.07, 6.45) is 0. The molecular formula is C19H20BrNO3. The number of hydrogen-bond donors (Lipinski definition) is 0. The highest BCUT2D eigenvalue weighted by molar-refractivity contribution is 9.10. The van der Waals surface area contributed by atoms with Gasteiger partial charge in [0.05, 0.1) is 22.7 Å². The molecule has 0 amide bonds. The van der Waals surface area contributed by atoms with Crippen molar-refractivity contribution in [2.45, 2.75) is 20.8 Å². The first-order valence-corrected chi connectivity index (χ1v) is 8.54. The van der Waals surface area contributed by atoms with Crippen LogP contribution in [0.3, 0.4) is 0 Å². The van der Waals surface area contributed by atoms with Crippen LogP contribution in [0.15, 0.2) is 34.8 Å². The minimum absolute atomic E-state index is 0.373. The second kappa shape index (κ2) is 8.60. The van der Waals surface area contributed by atoms with E-state index in [0.29, 0.717) is 41.4 Å². The van der Waals surface area contributed by atoms with Crippen molar-refractivity contribution in [3.63, 3.8) is 0 Å². The van der Waals surface area contributed by atoms with Crippen molar-refractivity contribution in [1.29, 1.82) is 5.26 Å². The molecule has 2 aromatic rings.